The van der Waals surface area contributed by atoms with Crippen molar-refractivity contribution in [3.63, 3.8) is 0 Å². The molecule has 0 aliphatic rings. The van der Waals surface area contributed by atoms with Gasteiger partial charge in [-0.05, 0) is 60.8 Å². The van der Waals surface area contributed by atoms with E-state index in [0.717, 1.165) is 38.5 Å². The SMILES string of the molecule is CC(C)(C)OC(=O)CCCCCCCCCCCCCCCCCCC(=O)N[C@@H](CCC(=O)OC(C)(C)C)C(=O)NCCOCCOCC(=O)NCCOCCOCC(=O)O. The lowest BCUT2D eigenvalue weighted by atomic mass is 10.0. The van der Waals surface area contributed by atoms with Gasteiger partial charge in [0.15, 0.2) is 0 Å². The maximum atomic E-state index is 13.0. The van der Waals surface area contributed by atoms with Crippen LogP contribution in [0.25, 0.3) is 0 Å². The third-order valence-corrected chi connectivity index (χ3v) is 8.98. The van der Waals surface area contributed by atoms with Crippen LogP contribution in [0.15, 0.2) is 0 Å². The highest BCUT2D eigenvalue weighted by molar-refractivity contribution is 5.88. The topological polar surface area (TPSA) is 214 Å². The second-order valence-corrected chi connectivity index (χ2v) is 17.4. The molecular weight excluding hydrogens is 791 g/mol. The summed E-state index contributed by atoms with van der Waals surface area (Å²) in [7, 11) is 0. The number of rotatable bonds is 40. The summed E-state index contributed by atoms with van der Waals surface area (Å²) in [5.41, 5.74) is -1.06. The standard InChI is InChI=1S/C45H83N3O13/c1-44(2,3)60-41(53)24-22-20-18-16-14-12-10-8-7-9-11-13-15-17-19-21-23-38(49)48-37(25-26-42(54)61-45(4,5)6)43(55)47-28-30-57-31-33-58-35-39(50)46-27-29-56-32-34-59-36-40(51)52/h37H,7-36H2,1-6H3,(H,46,50)(H,47,55)(H,48,49)(H,51,52)/t37-/m0/s1. The molecule has 0 radical (unpaired) electrons. The first kappa shape index (κ1) is 57.7. The minimum absolute atomic E-state index is 0.0203. The van der Waals surface area contributed by atoms with Gasteiger partial charge in [0.1, 0.15) is 30.5 Å². The van der Waals surface area contributed by atoms with Crippen LogP contribution in [0, 0.1) is 0 Å². The van der Waals surface area contributed by atoms with E-state index in [1.165, 1.54) is 64.2 Å². The lowest BCUT2D eigenvalue weighted by Crippen LogP contribution is -2.47. The van der Waals surface area contributed by atoms with Crippen LogP contribution in [0.5, 0.6) is 0 Å². The van der Waals surface area contributed by atoms with Gasteiger partial charge >= 0.3 is 17.9 Å². The summed E-state index contributed by atoms with van der Waals surface area (Å²) in [6.45, 7) is 12.1. The molecule has 3 amide bonds. The molecule has 1 atom stereocenters. The van der Waals surface area contributed by atoms with Gasteiger partial charge in [0, 0.05) is 32.4 Å². The van der Waals surface area contributed by atoms with Crippen molar-refractivity contribution in [3.05, 3.63) is 0 Å². The van der Waals surface area contributed by atoms with Gasteiger partial charge in [0.2, 0.25) is 17.7 Å². The van der Waals surface area contributed by atoms with Crippen molar-refractivity contribution in [2.24, 2.45) is 0 Å². The van der Waals surface area contributed by atoms with Crippen molar-refractivity contribution in [2.75, 3.05) is 65.9 Å². The Labute approximate surface area is 366 Å². The molecule has 0 fully saturated rings. The Balaban J connectivity index is 4.09. The normalized spacial score (nSPS) is 12.1. The summed E-state index contributed by atoms with van der Waals surface area (Å²) >= 11 is 0. The van der Waals surface area contributed by atoms with Crippen LogP contribution in [0.1, 0.15) is 170 Å². The minimum atomic E-state index is -1.05. The maximum Gasteiger partial charge on any atom is 0.329 e. The zero-order valence-electron chi connectivity index (χ0n) is 38.6. The van der Waals surface area contributed by atoms with Crippen LogP contribution < -0.4 is 16.0 Å². The number of carboxylic acid groups (broad SMARTS) is 1. The van der Waals surface area contributed by atoms with E-state index in [4.69, 9.17) is 33.5 Å². The second-order valence-electron chi connectivity index (χ2n) is 17.4. The van der Waals surface area contributed by atoms with Crippen LogP contribution in [-0.4, -0.2) is 124 Å². The zero-order chi connectivity index (χ0) is 45.6. The molecule has 16 nitrogen and oxygen atoms in total. The van der Waals surface area contributed by atoms with Gasteiger partial charge in [-0.2, -0.15) is 0 Å². The van der Waals surface area contributed by atoms with Gasteiger partial charge in [-0.25, -0.2) is 4.79 Å². The van der Waals surface area contributed by atoms with E-state index in [1.54, 1.807) is 20.8 Å². The smallest absolute Gasteiger partial charge is 0.329 e. The van der Waals surface area contributed by atoms with Gasteiger partial charge in [-0.3, -0.25) is 24.0 Å². The largest absolute Gasteiger partial charge is 0.480 e. The van der Waals surface area contributed by atoms with E-state index in [2.05, 4.69) is 16.0 Å². The van der Waals surface area contributed by atoms with Crippen LogP contribution in [0.4, 0.5) is 0 Å². The molecule has 0 spiro atoms. The lowest BCUT2D eigenvalue weighted by Gasteiger charge is -2.21. The molecule has 0 saturated heterocycles. The fourth-order valence-corrected chi connectivity index (χ4v) is 6.06. The molecule has 0 unspecified atom stereocenters. The number of carbonyl (C=O) groups excluding carboxylic acids is 5. The first-order valence-corrected chi connectivity index (χ1v) is 22.8. The van der Waals surface area contributed by atoms with Gasteiger partial charge in [-0.15, -0.1) is 0 Å². The summed E-state index contributed by atoms with van der Waals surface area (Å²) in [6, 6.07) is -0.889. The molecule has 0 heterocycles. The fraction of sp³-hybridized carbons (Fsp3) is 0.867. The third kappa shape index (κ3) is 43.1. The van der Waals surface area contributed by atoms with Crippen molar-refractivity contribution in [2.45, 2.75) is 187 Å². The molecule has 0 aromatic heterocycles. The van der Waals surface area contributed by atoms with Crippen LogP contribution in [0.2, 0.25) is 0 Å². The number of carboxylic acids is 1. The van der Waals surface area contributed by atoms with E-state index < -0.39 is 35.1 Å². The lowest BCUT2D eigenvalue weighted by molar-refractivity contribution is -0.156. The molecule has 0 saturated carbocycles. The Morgan fingerprint density at radius 3 is 1.31 bits per heavy atom. The van der Waals surface area contributed by atoms with E-state index in [0.29, 0.717) is 12.8 Å². The van der Waals surface area contributed by atoms with E-state index in [1.807, 2.05) is 20.8 Å². The number of nitrogens with one attached hydrogen (secondary N) is 3. The van der Waals surface area contributed by atoms with Crippen LogP contribution in [0.3, 0.4) is 0 Å². The number of esters is 2. The van der Waals surface area contributed by atoms with Crippen molar-refractivity contribution in [1.29, 1.82) is 0 Å². The minimum Gasteiger partial charge on any atom is -0.480 e. The number of carbonyl (C=O) groups is 6. The summed E-state index contributed by atoms with van der Waals surface area (Å²) in [5, 5.41) is 16.7. The van der Waals surface area contributed by atoms with E-state index in [-0.39, 0.29) is 96.6 Å². The molecule has 0 aromatic rings. The quantitative estimate of drug-likeness (QED) is 0.0391. The molecule has 61 heavy (non-hydrogen) atoms. The first-order chi connectivity index (χ1) is 29.0. The van der Waals surface area contributed by atoms with Crippen molar-refractivity contribution in [3.8, 4) is 0 Å². The average molecular weight is 874 g/mol. The van der Waals surface area contributed by atoms with Gasteiger partial charge in [-0.1, -0.05) is 89.9 Å². The Morgan fingerprint density at radius 1 is 0.459 bits per heavy atom. The number of ether oxygens (including phenoxy) is 6. The molecule has 0 aromatic carbocycles. The molecule has 16 heteroatoms. The van der Waals surface area contributed by atoms with Crippen molar-refractivity contribution in [1.82, 2.24) is 16.0 Å². The third-order valence-electron chi connectivity index (χ3n) is 8.98. The molecule has 0 aliphatic heterocycles. The predicted octanol–water partition coefficient (Wildman–Crippen LogP) is 6.34. The van der Waals surface area contributed by atoms with Gasteiger partial charge in [0.05, 0.1) is 39.6 Å². The summed E-state index contributed by atoms with van der Waals surface area (Å²) < 4.78 is 31.6. The molecule has 356 valence electrons. The van der Waals surface area contributed by atoms with Crippen LogP contribution >= 0.6 is 0 Å². The zero-order valence-corrected chi connectivity index (χ0v) is 38.6. The van der Waals surface area contributed by atoms with Crippen LogP contribution in [-0.2, 0) is 57.2 Å². The highest BCUT2D eigenvalue weighted by atomic mass is 16.6. The second kappa shape index (κ2) is 37.2. The molecular formula is C45H83N3O13. The van der Waals surface area contributed by atoms with Gasteiger partial charge in [0.25, 0.3) is 0 Å². The van der Waals surface area contributed by atoms with E-state index >= 15 is 0 Å². The molecule has 0 aliphatic carbocycles. The Kier molecular flexibility index (Phi) is 35.2. The number of hydrogen-bond donors (Lipinski definition) is 4. The monoisotopic (exact) mass is 874 g/mol. The number of amides is 3. The average Bonchev–Trinajstić information content (AvgIpc) is 3.16. The molecule has 0 bridgehead atoms. The Hall–Kier alpha value is -3.34. The Morgan fingerprint density at radius 2 is 0.852 bits per heavy atom. The number of unbranched alkanes of at least 4 members (excludes halogenated alkanes) is 15. The number of hydrogen-bond acceptors (Lipinski definition) is 12. The maximum absolute atomic E-state index is 13.0. The molecule has 0 rings (SSSR count). The highest BCUT2D eigenvalue weighted by Crippen LogP contribution is 2.16. The predicted molar refractivity (Wildman–Crippen MR) is 233 cm³/mol. The fourth-order valence-electron chi connectivity index (χ4n) is 6.06. The summed E-state index contributed by atoms with van der Waals surface area (Å²) in [6.07, 6.45) is 19.3. The highest BCUT2D eigenvalue weighted by Gasteiger charge is 2.24. The first-order valence-electron chi connectivity index (χ1n) is 22.8. The van der Waals surface area contributed by atoms with Crippen molar-refractivity contribution >= 4 is 35.6 Å². The summed E-state index contributed by atoms with van der Waals surface area (Å²) in [5.74, 6) is -2.55. The molecule has 4 N–H and O–H groups in total. The van der Waals surface area contributed by atoms with E-state index in [9.17, 15) is 28.8 Å². The summed E-state index contributed by atoms with van der Waals surface area (Å²) in [4.78, 5) is 72.2. The van der Waals surface area contributed by atoms with Gasteiger partial charge < -0.3 is 49.5 Å². The number of aliphatic carboxylic acids is 1. The van der Waals surface area contributed by atoms with Crippen molar-refractivity contribution < 1.29 is 62.3 Å². The Bertz CT molecular complexity index is 1190.